The first-order chi connectivity index (χ1) is 19.6. The summed E-state index contributed by atoms with van der Waals surface area (Å²) in [5.74, 6) is -2.07. The number of ether oxygens (including phenoxy) is 3. The fourth-order valence-corrected chi connectivity index (χ4v) is 4.84. The maximum atomic E-state index is 13.9. The molecule has 0 radical (unpaired) electrons. The normalized spacial score (nSPS) is 24.0. The van der Waals surface area contributed by atoms with Gasteiger partial charge in [0.2, 0.25) is 12.1 Å². The van der Waals surface area contributed by atoms with E-state index < -0.39 is 54.6 Å². The van der Waals surface area contributed by atoms with Gasteiger partial charge in [-0.15, -0.1) is 0 Å². The van der Waals surface area contributed by atoms with Crippen LogP contribution in [0.15, 0.2) is 23.2 Å². The Kier molecular flexibility index (Phi) is 8.89. The molecule has 2 aromatic carbocycles. The first-order valence-corrected chi connectivity index (χ1v) is 12.6. The summed E-state index contributed by atoms with van der Waals surface area (Å²) >= 11 is 0. The molecule has 2 aliphatic rings. The Balaban J connectivity index is 1.84. The molecule has 4 rings (SSSR count). The number of benzene rings is 2. The number of guanidine groups is 1. The van der Waals surface area contributed by atoms with Crippen LogP contribution in [0.1, 0.15) is 49.4 Å². The van der Waals surface area contributed by atoms with Crippen LogP contribution < -0.4 is 20.5 Å². The Labute approximate surface area is 234 Å². The van der Waals surface area contributed by atoms with Gasteiger partial charge in [0.05, 0.1) is 24.8 Å². The van der Waals surface area contributed by atoms with Crippen molar-refractivity contribution in [3.05, 3.63) is 51.6 Å². The fraction of sp³-hybridized carbons (Fsp3) is 0.407. The van der Waals surface area contributed by atoms with Gasteiger partial charge in [-0.3, -0.25) is 14.6 Å². The van der Waals surface area contributed by atoms with E-state index in [0.29, 0.717) is 11.8 Å². The highest BCUT2D eigenvalue weighted by atomic mass is 16.7. The molecule has 0 amide bonds. The van der Waals surface area contributed by atoms with Crippen LogP contribution >= 0.6 is 0 Å². The lowest BCUT2D eigenvalue weighted by atomic mass is 9.80. The summed E-state index contributed by atoms with van der Waals surface area (Å²) in [6.45, 7) is -0.780. The summed E-state index contributed by atoms with van der Waals surface area (Å²) in [6, 6.07) is 4.01. The van der Waals surface area contributed by atoms with Crippen LogP contribution in [-0.4, -0.2) is 101 Å². The second-order valence-corrected chi connectivity index (χ2v) is 9.47. The smallest absolute Gasteiger partial charge is 0.229 e. The summed E-state index contributed by atoms with van der Waals surface area (Å²) in [7, 11) is 2.77. The second-order valence-electron chi connectivity index (χ2n) is 9.47. The third-order valence-electron chi connectivity index (χ3n) is 7.06. The van der Waals surface area contributed by atoms with E-state index in [2.05, 4.69) is 10.3 Å². The zero-order chi connectivity index (χ0) is 30.0. The number of hydrogen-bond donors (Lipinski definition) is 7. The van der Waals surface area contributed by atoms with Crippen LogP contribution in [0.25, 0.3) is 0 Å². The predicted molar refractivity (Wildman–Crippen MR) is 141 cm³/mol. The molecule has 0 unspecified atom stereocenters. The maximum Gasteiger partial charge on any atom is 0.229 e. The minimum atomic E-state index is -1.80. The summed E-state index contributed by atoms with van der Waals surface area (Å²) in [5, 5.41) is 54.4. The SMILES string of the molecule is CN=C(N)NCc1c(CCC=O)cc2c(c1O)C(=O)c1c(O[C@@H]3O[C@H](CO)[C@@H](O)[C@H](O)[C@H]3O)cc(OC)cc1C2=O. The molecule has 1 aliphatic carbocycles. The molecule has 8 N–H and O–H groups in total. The number of nitrogens with zero attached hydrogens (tertiary/aromatic N) is 1. The molecule has 1 heterocycles. The number of aldehydes is 1. The Morgan fingerprint density at radius 3 is 2.44 bits per heavy atom. The van der Waals surface area contributed by atoms with Gasteiger partial charge in [0, 0.05) is 42.8 Å². The molecule has 220 valence electrons. The van der Waals surface area contributed by atoms with Crippen molar-refractivity contribution in [2.24, 2.45) is 10.7 Å². The first-order valence-electron chi connectivity index (χ1n) is 12.6. The molecular formula is C27H31N3O11. The van der Waals surface area contributed by atoms with E-state index in [0.717, 1.165) is 0 Å². The van der Waals surface area contributed by atoms with Crippen LogP contribution in [-0.2, 0) is 22.5 Å². The van der Waals surface area contributed by atoms with Gasteiger partial charge in [0.15, 0.2) is 11.7 Å². The van der Waals surface area contributed by atoms with Gasteiger partial charge in [-0.05, 0) is 24.1 Å². The molecule has 1 fully saturated rings. The monoisotopic (exact) mass is 573 g/mol. The van der Waals surface area contributed by atoms with Crippen molar-refractivity contribution >= 4 is 23.8 Å². The van der Waals surface area contributed by atoms with Crippen molar-refractivity contribution in [2.75, 3.05) is 20.8 Å². The quantitative estimate of drug-likeness (QED) is 0.0881. The predicted octanol–water partition coefficient (Wildman–Crippen LogP) is -1.48. The molecule has 0 saturated carbocycles. The highest BCUT2D eigenvalue weighted by molar-refractivity contribution is 6.30. The number of carbonyl (C=O) groups excluding carboxylic acids is 3. The number of rotatable bonds is 9. The second kappa shape index (κ2) is 12.2. The van der Waals surface area contributed by atoms with E-state index in [1.165, 1.54) is 32.4 Å². The number of phenols is 1. The van der Waals surface area contributed by atoms with Gasteiger partial charge in [-0.2, -0.15) is 0 Å². The Morgan fingerprint density at radius 2 is 1.80 bits per heavy atom. The van der Waals surface area contributed by atoms with Gasteiger partial charge in [-0.25, -0.2) is 0 Å². The summed E-state index contributed by atoms with van der Waals surface area (Å²) in [5.41, 5.74) is 5.58. The van der Waals surface area contributed by atoms with E-state index in [4.69, 9.17) is 19.9 Å². The minimum Gasteiger partial charge on any atom is -0.507 e. The third-order valence-corrected chi connectivity index (χ3v) is 7.06. The Bertz CT molecular complexity index is 1390. The van der Waals surface area contributed by atoms with Gasteiger partial charge < -0.3 is 55.6 Å². The van der Waals surface area contributed by atoms with E-state index in [-0.39, 0.29) is 64.7 Å². The first kappa shape index (κ1) is 29.9. The number of aliphatic hydroxyl groups excluding tert-OH is 4. The van der Waals surface area contributed by atoms with Crippen molar-refractivity contribution in [3.8, 4) is 17.2 Å². The maximum absolute atomic E-state index is 13.9. The fourth-order valence-electron chi connectivity index (χ4n) is 4.84. The van der Waals surface area contributed by atoms with Gasteiger partial charge in [-0.1, -0.05) is 0 Å². The number of methoxy groups -OCH3 is 1. The number of aliphatic hydroxyl groups is 4. The average Bonchev–Trinajstić information content (AvgIpc) is 2.97. The number of aromatic hydroxyl groups is 1. The largest absolute Gasteiger partial charge is 0.507 e. The van der Waals surface area contributed by atoms with Crippen molar-refractivity contribution in [1.82, 2.24) is 5.32 Å². The molecule has 0 bridgehead atoms. The number of nitrogens with one attached hydrogen (secondary N) is 1. The molecule has 41 heavy (non-hydrogen) atoms. The molecule has 14 heteroatoms. The summed E-state index contributed by atoms with van der Waals surface area (Å²) in [4.78, 5) is 42.6. The highest BCUT2D eigenvalue weighted by Crippen LogP contribution is 2.42. The summed E-state index contributed by atoms with van der Waals surface area (Å²) in [6.07, 6.45) is -7.21. The molecule has 0 spiro atoms. The number of phenolic OH excluding ortho intramolecular Hbond substituents is 1. The number of aryl methyl sites for hydroxylation is 1. The highest BCUT2D eigenvalue weighted by Gasteiger charge is 2.46. The van der Waals surface area contributed by atoms with Crippen molar-refractivity contribution in [2.45, 2.75) is 50.1 Å². The standard InChI is InChI=1S/C27H31N3O11/c1-29-27(28)30-9-15-11(4-3-5-31)6-13-19(21(15)34)23(36)18-14(20(13)33)7-12(39-2)8-16(18)40-26-25(38)24(37)22(35)17(10-32)41-26/h5-8,17,22,24-26,32,34-35,37-38H,3-4,9-10H2,1-2H3,(H3,28,29,30)/t17-,22-,24+,25-,26-/m1/s1. The lowest BCUT2D eigenvalue weighted by Crippen LogP contribution is -2.60. The third kappa shape index (κ3) is 5.47. The van der Waals surface area contributed by atoms with E-state index in [1.54, 1.807) is 0 Å². The van der Waals surface area contributed by atoms with Crippen molar-refractivity contribution in [1.29, 1.82) is 0 Å². The van der Waals surface area contributed by atoms with E-state index in [1.807, 2.05) is 0 Å². The number of ketones is 2. The van der Waals surface area contributed by atoms with E-state index >= 15 is 0 Å². The lowest BCUT2D eigenvalue weighted by Gasteiger charge is -2.39. The van der Waals surface area contributed by atoms with Crippen LogP contribution in [0, 0.1) is 0 Å². The Morgan fingerprint density at radius 1 is 1.10 bits per heavy atom. The summed E-state index contributed by atoms with van der Waals surface area (Å²) < 4.78 is 16.5. The van der Waals surface area contributed by atoms with Crippen LogP contribution in [0.3, 0.4) is 0 Å². The van der Waals surface area contributed by atoms with Crippen LogP contribution in [0.4, 0.5) is 0 Å². The average molecular weight is 574 g/mol. The van der Waals surface area contributed by atoms with Crippen molar-refractivity contribution in [3.63, 3.8) is 0 Å². The van der Waals surface area contributed by atoms with Crippen LogP contribution in [0.2, 0.25) is 0 Å². The molecule has 2 aromatic rings. The van der Waals surface area contributed by atoms with Gasteiger partial charge >= 0.3 is 0 Å². The van der Waals surface area contributed by atoms with Gasteiger partial charge in [0.25, 0.3) is 0 Å². The molecule has 0 aromatic heterocycles. The number of nitrogens with two attached hydrogens (primary N) is 1. The minimum absolute atomic E-state index is 0.0542. The number of aliphatic imine (C=N–C) groups is 1. The van der Waals surface area contributed by atoms with Gasteiger partial charge in [0.1, 0.15) is 48.0 Å². The zero-order valence-electron chi connectivity index (χ0n) is 22.2. The molecule has 5 atom stereocenters. The number of carbonyl (C=O) groups is 3. The van der Waals surface area contributed by atoms with Crippen molar-refractivity contribution < 1.29 is 54.1 Å². The molecule has 1 aliphatic heterocycles. The molecular weight excluding hydrogens is 542 g/mol. The number of hydrogen-bond acceptors (Lipinski definition) is 12. The molecule has 1 saturated heterocycles. The molecule has 14 nitrogen and oxygen atoms in total. The Hall–Kier alpha value is -4.08. The van der Waals surface area contributed by atoms with E-state index in [9.17, 15) is 39.9 Å². The lowest BCUT2D eigenvalue weighted by molar-refractivity contribution is -0.277. The van der Waals surface area contributed by atoms with Crippen LogP contribution in [0.5, 0.6) is 17.2 Å². The zero-order valence-corrected chi connectivity index (χ0v) is 22.2. The number of fused-ring (bicyclic) bond motifs is 2. The topological polar surface area (TPSA) is 230 Å².